The van der Waals surface area contributed by atoms with Crippen LogP contribution in [0.5, 0.6) is 0 Å². The van der Waals surface area contributed by atoms with Gasteiger partial charge in [0.15, 0.2) is 0 Å². The first-order valence-electron chi connectivity index (χ1n) is 9.58. The van der Waals surface area contributed by atoms with Crippen LogP contribution in [0.4, 0.5) is 0 Å². The van der Waals surface area contributed by atoms with E-state index in [4.69, 9.17) is 0 Å². The first kappa shape index (κ1) is 17.7. The van der Waals surface area contributed by atoms with Crippen LogP contribution < -0.4 is 0 Å². The second-order valence-corrected chi connectivity index (χ2v) is 7.54. The summed E-state index contributed by atoms with van der Waals surface area (Å²) in [6.45, 7) is 7.92. The van der Waals surface area contributed by atoms with Gasteiger partial charge >= 0.3 is 0 Å². The molecular formula is C22H26N4O. The van der Waals surface area contributed by atoms with Gasteiger partial charge in [-0.25, -0.2) is 0 Å². The van der Waals surface area contributed by atoms with Gasteiger partial charge in [0.2, 0.25) is 0 Å². The molecule has 2 aromatic carbocycles. The fourth-order valence-corrected chi connectivity index (χ4v) is 3.77. The second kappa shape index (κ2) is 7.16. The molecule has 140 valence electrons. The molecule has 0 atom stereocenters. The van der Waals surface area contributed by atoms with E-state index in [2.05, 4.69) is 42.0 Å². The summed E-state index contributed by atoms with van der Waals surface area (Å²) in [5.41, 5.74) is 4.13. The van der Waals surface area contributed by atoms with Crippen LogP contribution in [-0.2, 0) is 7.05 Å². The number of rotatable bonds is 3. The van der Waals surface area contributed by atoms with Crippen molar-refractivity contribution < 1.29 is 4.79 Å². The third kappa shape index (κ3) is 3.47. The first-order chi connectivity index (χ1) is 13.0. The standard InChI is InChI=1S/C22H26N4O/c1-16(2)25-10-12-26(13-11-25)22(27)18-6-4-17(5-7-18)19-8-9-21-20(14-19)15-23-24(21)3/h4-9,14-16H,10-13H2,1-3H3. The van der Waals surface area contributed by atoms with E-state index in [1.807, 2.05) is 47.1 Å². The Labute approximate surface area is 160 Å². The summed E-state index contributed by atoms with van der Waals surface area (Å²) in [4.78, 5) is 17.2. The van der Waals surface area contributed by atoms with E-state index in [-0.39, 0.29) is 5.91 Å². The molecule has 0 aliphatic carbocycles. The predicted molar refractivity (Wildman–Crippen MR) is 109 cm³/mol. The number of hydrogen-bond acceptors (Lipinski definition) is 3. The summed E-state index contributed by atoms with van der Waals surface area (Å²) < 4.78 is 1.87. The van der Waals surface area contributed by atoms with Crippen LogP contribution in [0.3, 0.4) is 0 Å². The molecule has 0 spiro atoms. The van der Waals surface area contributed by atoms with Crippen molar-refractivity contribution >= 4 is 16.8 Å². The first-order valence-corrected chi connectivity index (χ1v) is 9.58. The van der Waals surface area contributed by atoms with Gasteiger partial charge in [0, 0.05) is 50.2 Å². The van der Waals surface area contributed by atoms with Gasteiger partial charge in [-0.2, -0.15) is 5.10 Å². The zero-order valence-corrected chi connectivity index (χ0v) is 16.2. The zero-order chi connectivity index (χ0) is 19.0. The Balaban J connectivity index is 1.49. The minimum Gasteiger partial charge on any atom is -0.336 e. The second-order valence-electron chi connectivity index (χ2n) is 7.54. The fraction of sp³-hybridized carbons (Fsp3) is 0.364. The Morgan fingerprint density at radius 1 is 0.963 bits per heavy atom. The summed E-state index contributed by atoms with van der Waals surface area (Å²) >= 11 is 0. The summed E-state index contributed by atoms with van der Waals surface area (Å²) in [5, 5.41) is 5.42. The average Bonchev–Trinajstić information content (AvgIpc) is 3.08. The van der Waals surface area contributed by atoms with Gasteiger partial charge in [-0.1, -0.05) is 18.2 Å². The molecule has 27 heavy (non-hydrogen) atoms. The molecule has 1 aliphatic rings. The number of fused-ring (bicyclic) bond motifs is 1. The zero-order valence-electron chi connectivity index (χ0n) is 16.2. The maximum absolute atomic E-state index is 12.8. The molecule has 0 bridgehead atoms. The average molecular weight is 362 g/mol. The number of amides is 1. The highest BCUT2D eigenvalue weighted by Gasteiger charge is 2.23. The van der Waals surface area contributed by atoms with E-state index >= 15 is 0 Å². The third-order valence-corrected chi connectivity index (χ3v) is 5.54. The van der Waals surface area contributed by atoms with E-state index in [1.165, 1.54) is 0 Å². The number of benzene rings is 2. The van der Waals surface area contributed by atoms with E-state index in [0.717, 1.165) is 53.8 Å². The lowest BCUT2D eigenvalue weighted by molar-refractivity contribution is 0.0595. The molecule has 3 aromatic rings. The normalized spacial score (nSPS) is 15.6. The monoisotopic (exact) mass is 362 g/mol. The number of hydrogen-bond donors (Lipinski definition) is 0. The minimum atomic E-state index is 0.132. The van der Waals surface area contributed by atoms with Gasteiger partial charge in [-0.15, -0.1) is 0 Å². The molecule has 5 nitrogen and oxygen atoms in total. The summed E-state index contributed by atoms with van der Waals surface area (Å²) in [6.07, 6.45) is 1.88. The molecular weight excluding hydrogens is 336 g/mol. The van der Waals surface area contributed by atoms with E-state index in [9.17, 15) is 4.79 Å². The Bertz CT molecular complexity index is 950. The lowest BCUT2D eigenvalue weighted by atomic mass is 10.0. The predicted octanol–water partition coefficient (Wildman–Crippen LogP) is 3.41. The van der Waals surface area contributed by atoms with Crippen LogP contribution in [0.15, 0.2) is 48.7 Å². The number of aromatic nitrogens is 2. The molecule has 1 amide bonds. The van der Waals surface area contributed by atoms with Gasteiger partial charge in [-0.05, 0) is 49.2 Å². The molecule has 1 saturated heterocycles. The number of nitrogens with zero attached hydrogens (tertiary/aromatic N) is 4. The SMILES string of the molecule is CC(C)N1CCN(C(=O)c2ccc(-c3ccc4c(cnn4C)c3)cc2)CC1. The Kier molecular flexibility index (Phi) is 4.70. The topological polar surface area (TPSA) is 41.4 Å². The highest BCUT2D eigenvalue weighted by atomic mass is 16.2. The van der Waals surface area contributed by atoms with E-state index < -0.39 is 0 Å². The molecule has 5 heteroatoms. The van der Waals surface area contributed by atoms with Crippen molar-refractivity contribution in [2.24, 2.45) is 7.05 Å². The summed E-state index contributed by atoms with van der Waals surface area (Å²) in [5.74, 6) is 0.132. The highest BCUT2D eigenvalue weighted by Crippen LogP contribution is 2.25. The lowest BCUT2D eigenvalue weighted by Crippen LogP contribution is -2.50. The molecule has 1 aliphatic heterocycles. The van der Waals surface area contributed by atoms with Gasteiger partial charge in [0.25, 0.3) is 5.91 Å². The molecule has 0 N–H and O–H groups in total. The number of carbonyl (C=O) groups excluding carboxylic acids is 1. The Morgan fingerprint density at radius 3 is 2.30 bits per heavy atom. The van der Waals surface area contributed by atoms with Crippen LogP contribution in [0.25, 0.3) is 22.0 Å². The summed E-state index contributed by atoms with van der Waals surface area (Å²) in [6, 6.07) is 14.8. The largest absolute Gasteiger partial charge is 0.336 e. The maximum atomic E-state index is 12.8. The molecule has 2 heterocycles. The molecule has 4 rings (SSSR count). The molecule has 0 unspecified atom stereocenters. The van der Waals surface area contributed by atoms with Crippen LogP contribution in [0, 0.1) is 0 Å². The highest BCUT2D eigenvalue weighted by molar-refractivity contribution is 5.95. The Morgan fingerprint density at radius 2 is 1.63 bits per heavy atom. The maximum Gasteiger partial charge on any atom is 0.253 e. The van der Waals surface area contributed by atoms with Crippen LogP contribution in [0.2, 0.25) is 0 Å². The van der Waals surface area contributed by atoms with E-state index in [1.54, 1.807) is 0 Å². The van der Waals surface area contributed by atoms with Crippen molar-refractivity contribution in [1.82, 2.24) is 19.6 Å². The van der Waals surface area contributed by atoms with Crippen molar-refractivity contribution in [2.45, 2.75) is 19.9 Å². The fourth-order valence-electron chi connectivity index (χ4n) is 3.77. The van der Waals surface area contributed by atoms with Crippen LogP contribution >= 0.6 is 0 Å². The quantitative estimate of drug-likeness (QED) is 0.717. The van der Waals surface area contributed by atoms with Gasteiger partial charge in [-0.3, -0.25) is 14.4 Å². The lowest BCUT2D eigenvalue weighted by Gasteiger charge is -2.37. The van der Waals surface area contributed by atoms with Crippen molar-refractivity contribution in [2.75, 3.05) is 26.2 Å². The molecule has 1 aromatic heterocycles. The van der Waals surface area contributed by atoms with Crippen molar-refractivity contribution in [1.29, 1.82) is 0 Å². The van der Waals surface area contributed by atoms with Crippen LogP contribution in [0.1, 0.15) is 24.2 Å². The Hall–Kier alpha value is -2.66. The summed E-state index contributed by atoms with van der Waals surface area (Å²) in [7, 11) is 1.95. The molecule has 0 radical (unpaired) electrons. The molecule has 0 saturated carbocycles. The van der Waals surface area contributed by atoms with Gasteiger partial charge in [0.05, 0.1) is 11.7 Å². The van der Waals surface area contributed by atoms with E-state index in [0.29, 0.717) is 6.04 Å². The number of carbonyl (C=O) groups is 1. The van der Waals surface area contributed by atoms with Crippen molar-refractivity contribution in [3.05, 3.63) is 54.2 Å². The van der Waals surface area contributed by atoms with Crippen molar-refractivity contribution in [3.63, 3.8) is 0 Å². The number of aryl methyl sites for hydroxylation is 1. The van der Waals surface area contributed by atoms with Crippen LogP contribution in [-0.4, -0.2) is 57.7 Å². The van der Waals surface area contributed by atoms with Gasteiger partial charge in [0.1, 0.15) is 0 Å². The number of piperazine rings is 1. The smallest absolute Gasteiger partial charge is 0.253 e. The van der Waals surface area contributed by atoms with Crippen molar-refractivity contribution in [3.8, 4) is 11.1 Å². The van der Waals surface area contributed by atoms with Gasteiger partial charge < -0.3 is 4.90 Å². The minimum absolute atomic E-state index is 0.132. The molecule has 1 fully saturated rings. The third-order valence-electron chi connectivity index (χ3n) is 5.54.